The summed E-state index contributed by atoms with van der Waals surface area (Å²) in [4.78, 5) is 40.8. The zero-order valence-electron chi connectivity index (χ0n) is 18.0. The Balaban J connectivity index is 1.30. The summed E-state index contributed by atoms with van der Waals surface area (Å²) < 4.78 is 0. The molecule has 3 amide bonds. The Morgan fingerprint density at radius 3 is 2.39 bits per heavy atom. The standard InChI is InChI=1S/C25H31N3O3/c29-22-20-9-2-3-10-21(20)24(31)28(26-22)19-8-6-7-18(17-19)23(30)27-15-13-25(14-16-27)11-4-1-5-12-25/h2-3,6-8,17,20-21H,1,4-5,9-16H2,(H,26,29). The number of amides is 3. The lowest BCUT2D eigenvalue weighted by Gasteiger charge is -2.44. The minimum Gasteiger partial charge on any atom is -0.339 e. The molecule has 1 saturated carbocycles. The zero-order chi connectivity index (χ0) is 21.4. The number of nitrogens with zero attached hydrogens (tertiary/aromatic N) is 2. The number of allylic oxidation sites excluding steroid dienone is 2. The van der Waals surface area contributed by atoms with Crippen molar-refractivity contribution < 1.29 is 14.4 Å². The molecule has 2 atom stereocenters. The number of hydrazine groups is 1. The van der Waals surface area contributed by atoms with Crippen molar-refractivity contribution in [2.75, 3.05) is 18.1 Å². The SMILES string of the molecule is O=C1NN(c2cccc(C(=O)N3CCC4(CCCCC4)CC3)c2)C(=O)C2CC=CCC12. The van der Waals surface area contributed by atoms with Crippen molar-refractivity contribution in [2.24, 2.45) is 17.3 Å². The summed E-state index contributed by atoms with van der Waals surface area (Å²) in [6.45, 7) is 1.61. The summed E-state index contributed by atoms with van der Waals surface area (Å²) in [5.74, 6) is -0.831. The smallest absolute Gasteiger partial charge is 0.253 e. The normalized spacial score (nSPS) is 27.7. The van der Waals surface area contributed by atoms with Crippen LogP contribution >= 0.6 is 0 Å². The second-order valence-electron chi connectivity index (χ2n) is 9.71. The van der Waals surface area contributed by atoms with Crippen LogP contribution in [0.25, 0.3) is 0 Å². The molecule has 4 aliphatic rings. The summed E-state index contributed by atoms with van der Waals surface area (Å²) in [5, 5.41) is 1.34. The second-order valence-corrected chi connectivity index (χ2v) is 9.71. The van der Waals surface area contributed by atoms with Gasteiger partial charge in [-0.2, -0.15) is 0 Å². The monoisotopic (exact) mass is 421 g/mol. The summed E-state index contributed by atoms with van der Waals surface area (Å²) in [6.07, 6.45) is 13.9. The molecule has 2 heterocycles. The maximum absolute atomic E-state index is 13.2. The minimum absolute atomic E-state index is 0.0155. The van der Waals surface area contributed by atoms with E-state index in [9.17, 15) is 14.4 Å². The molecule has 6 nitrogen and oxygen atoms in total. The van der Waals surface area contributed by atoms with Crippen LogP contribution in [-0.2, 0) is 9.59 Å². The molecule has 1 N–H and O–H groups in total. The fraction of sp³-hybridized carbons (Fsp3) is 0.560. The van der Waals surface area contributed by atoms with Crippen LogP contribution in [0.2, 0.25) is 0 Å². The number of hydrogen-bond acceptors (Lipinski definition) is 3. The third-order valence-corrected chi connectivity index (χ3v) is 7.91. The van der Waals surface area contributed by atoms with Gasteiger partial charge in [0.25, 0.3) is 5.91 Å². The first-order valence-electron chi connectivity index (χ1n) is 11.8. The number of fused-ring (bicyclic) bond motifs is 1. The van der Waals surface area contributed by atoms with Crippen LogP contribution in [0.15, 0.2) is 36.4 Å². The Hall–Kier alpha value is -2.63. The quantitative estimate of drug-likeness (QED) is 0.738. The molecule has 3 fully saturated rings. The van der Waals surface area contributed by atoms with Crippen molar-refractivity contribution in [1.82, 2.24) is 10.3 Å². The lowest BCUT2D eigenvalue weighted by molar-refractivity contribution is -0.139. The molecule has 6 heteroatoms. The Labute approximate surface area is 183 Å². The van der Waals surface area contributed by atoms with Gasteiger partial charge in [0.05, 0.1) is 17.5 Å². The highest BCUT2D eigenvalue weighted by atomic mass is 16.2. The van der Waals surface area contributed by atoms with Gasteiger partial charge in [-0.05, 0) is 62.1 Å². The number of likely N-dealkylation sites (tertiary alicyclic amines) is 1. The molecule has 0 radical (unpaired) electrons. The van der Waals surface area contributed by atoms with Crippen LogP contribution in [0.1, 0.15) is 68.1 Å². The highest BCUT2D eigenvalue weighted by molar-refractivity contribution is 6.05. The highest BCUT2D eigenvalue weighted by Gasteiger charge is 2.42. The van der Waals surface area contributed by atoms with Gasteiger partial charge in [-0.3, -0.25) is 19.8 Å². The summed E-state index contributed by atoms with van der Waals surface area (Å²) >= 11 is 0. The van der Waals surface area contributed by atoms with Gasteiger partial charge >= 0.3 is 0 Å². The molecule has 0 aromatic heterocycles. The molecule has 2 aliphatic heterocycles. The van der Waals surface area contributed by atoms with E-state index in [0.29, 0.717) is 29.5 Å². The fourth-order valence-corrected chi connectivity index (χ4v) is 5.93. The fourth-order valence-electron chi connectivity index (χ4n) is 5.93. The molecule has 164 valence electrons. The molecular formula is C25H31N3O3. The number of hydrogen-bond donors (Lipinski definition) is 1. The molecular weight excluding hydrogens is 390 g/mol. The highest BCUT2D eigenvalue weighted by Crippen LogP contribution is 2.44. The Morgan fingerprint density at radius 2 is 1.65 bits per heavy atom. The molecule has 2 saturated heterocycles. The molecule has 1 spiro atoms. The predicted molar refractivity (Wildman–Crippen MR) is 118 cm³/mol. The lowest BCUT2D eigenvalue weighted by Crippen LogP contribution is -2.59. The number of carbonyl (C=O) groups is 3. The number of piperidine rings is 1. The van der Waals surface area contributed by atoms with Gasteiger partial charge in [-0.1, -0.05) is 37.5 Å². The van der Waals surface area contributed by atoms with E-state index in [4.69, 9.17) is 0 Å². The van der Waals surface area contributed by atoms with E-state index in [1.807, 2.05) is 17.1 Å². The van der Waals surface area contributed by atoms with Crippen molar-refractivity contribution in [3.05, 3.63) is 42.0 Å². The van der Waals surface area contributed by atoms with Gasteiger partial charge in [0.2, 0.25) is 11.8 Å². The van der Waals surface area contributed by atoms with Gasteiger partial charge in [0.1, 0.15) is 0 Å². The van der Waals surface area contributed by atoms with Crippen molar-refractivity contribution in [2.45, 2.75) is 57.8 Å². The number of nitrogens with one attached hydrogen (secondary N) is 1. The van der Waals surface area contributed by atoms with E-state index >= 15 is 0 Å². The Bertz CT molecular complexity index is 908. The van der Waals surface area contributed by atoms with Gasteiger partial charge in [-0.15, -0.1) is 0 Å². The summed E-state index contributed by atoms with van der Waals surface area (Å²) in [6, 6.07) is 7.12. The number of carbonyl (C=O) groups excluding carboxylic acids is 3. The third-order valence-electron chi connectivity index (χ3n) is 7.91. The average molecular weight is 422 g/mol. The molecule has 5 rings (SSSR count). The molecule has 2 aliphatic carbocycles. The van der Waals surface area contributed by atoms with Crippen LogP contribution in [0.4, 0.5) is 5.69 Å². The number of benzene rings is 1. The lowest BCUT2D eigenvalue weighted by atomic mass is 9.68. The Morgan fingerprint density at radius 1 is 0.935 bits per heavy atom. The molecule has 1 aromatic carbocycles. The maximum Gasteiger partial charge on any atom is 0.253 e. The van der Waals surface area contributed by atoms with Crippen LogP contribution < -0.4 is 10.4 Å². The van der Waals surface area contributed by atoms with E-state index in [1.54, 1.807) is 24.3 Å². The second kappa shape index (κ2) is 8.13. The van der Waals surface area contributed by atoms with E-state index in [0.717, 1.165) is 25.9 Å². The van der Waals surface area contributed by atoms with Gasteiger partial charge < -0.3 is 4.90 Å². The van der Waals surface area contributed by atoms with Crippen LogP contribution in [-0.4, -0.2) is 35.7 Å². The first-order chi connectivity index (χ1) is 15.1. The molecule has 1 aromatic rings. The molecule has 2 unspecified atom stereocenters. The van der Waals surface area contributed by atoms with Crippen molar-refractivity contribution in [1.29, 1.82) is 0 Å². The predicted octanol–water partition coefficient (Wildman–Crippen LogP) is 3.83. The summed E-state index contributed by atoms with van der Waals surface area (Å²) in [5.41, 5.74) is 4.33. The van der Waals surface area contributed by atoms with Crippen molar-refractivity contribution in [3.63, 3.8) is 0 Å². The van der Waals surface area contributed by atoms with Crippen molar-refractivity contribution in [3.8, 4) is 0 Å². The number of rotatable bonds is 2. The first-order valence-corrected chi connectivity index (χ1v) is 11.8. The largest absolute Gasteiger partial charge is 0.339 e. The maximum atomic E-state index is 13.2. The van der Waals surface area contributed by atoms with Crippen molar-refractivity contribution >= 4 is 23.4 Å². The number of anilines is 1. The van der Waals surface area contributed by atoms with Gasteiger partial charge in [0.15, 0.2) is 0 Å². The zero-order valence-corrected chi connectivity index (χ0v) is 18.0. The molecule has 31 heavy (non-hydrogen) atoms. The third kappa shape index (κ3) is 3.77. The van der Waals surface area contributed by atoms with E-state index in [2.05, 4.69) is 5.43 Å². The summed E-state index contributed by atoms with van der Waals surface area (Å²) in [7, 11) is 0. The van der Waals surface area contributed by atoms with Crippen LogP contribution in [0, 0.1) is 17.3 Å². The van der Waals surface area contributed by atoms with E-state index in [-0.39, 0.29) is 29.6 Å². The first kappa shape index (κ1) is 20.3. The van der Waals surface area contributed by atoms with Gasteiger partial charge in [-0.25, -0.2) is 5.01 Å². The van der Waals surface area contributed by atoms with Crippen LogP contribution in [0.3, 0.4) is 0 Å². The van der Waals surface area contributed by atoms with Gasteiger partial charge in [0, 0.05) is 18.7 Å². The minimum atomic E-state index is -0.327. The average Bonchev–Trinajstić information content (AvgIpc) is 2.82. The van der Waals surface area contributed by atoms with E-state index in [1.165, 1.54) is 37.1 Å². The Kier molecular flexibility index (Phi) is 5.32. The van der Waals surface area contributed by atoms with Crippen LogP contribution in [0.5, 0.6) is 0 Å². The van der Waals surface area contributed by atoms with E-state index < -0.39 is 0 Å². The molecule has 0 bridgehead atoms. The topological polar surface area (TPSA) is 69.7 Å².